The topological polar surface area (TPSA) is 30.9 Å². The van der Waals surface area contributed by atoms with E-state index in [2.05, 4.69) is 4.90 Å². The van der Waals surface area contributed by atoms with Crippen molar-refractivity contribution in [3.05, 3.63) is 24.0 Å². The van der Waals surface area contributed by atoms with Gasteiger partial charge in [-0.2, -0.15) is 0 Å². The van der Waals surface area contributed by atoms with Gasteiger partial charge in [0.05, 0.1) is 0 Å². The summed E-state index contributed by atoms with van der Waals surface area (Å²) in [6.07, 6.45) is 2.15. The Morgan fingerprint density at radius 1 is 1.29 bits per heavy atom. The van der Waals surface area contributed by atoms with E-state index in [0.717, 1.165) is 19.4 Å². The van der Waals surface area contributed by atoms with E-state index in [0.29, 0.717) is 18.2 Å². The summed E-state index contributed by atoms with van der Waals surface area (Å²) in [7, 11) is 1.69. The van der Waals surface area contributed by atoms with Gasteiger partial charge in [0.15, 0.2) is 11.5 Å². The third kappa shape index (κ3) is 4.58. The SMILES string of the molecule is CO[C@H]1CCCN1COc1cc(F)ccc1OC(C)(C)C. The Hall–Kier alpha value is -1.33. The first-order chi connectivity index (χ1) is 9.89. The van der Waals surface area contributed by atoms with Gasteiger partial charge in [-0.05, 0) is 45.7 Å². The van der Waals surface area contributed by atoms with Crippen molar-refractivity contribution in [2.45, 2.75) is 45.4 Å². The Morgan fingerprint density at radius 3 is 2.71 bits per heavy atom. The van der Waals surface area contributed by atoms with Crippen LogP contribution in [-0.4, -0.2) is 37.1 Å². The number of ether oxygens (including phenoxy) is 3. The highest BCUT2D eigenvalue weighted by atomic mass is 19.1. The molecule has 0 N–H and O–H groups in total. The molecule has 0 unspecified atom stereocenters. The first-order valence-corrected chi connectivity index (χ1v) is 7.27. The average molecular weight is 297 g/mol. The molecule has 0 radical (unpaired) electrons. The minimum atomic E-state index is -0.362. The standard InChI is InChI=1S/C16H24FNO3/c1-16(2,3)21-13-8-7-12(17)10-14(13)20-11-18-9-5-6-15(18)19-4/h7-8,10,15H,5-6,9,11H2,1-4H3/t15-/m0/s1. The van der Waals surface area contributed by atoms with E-state index in [4.69, 9.17) is 14.2 Å². The summed E-state index contributed by atoms with van der Waals surface area (Å²) in [5, 5.41) is 0. The maximum Gasteiger partial charge on any atom is 0.166 e. The molecule has 1 aromatic rings. The van der Waals surface area contributed by atoms with Crippen molar-refractivity contribution in [2.24, 2.45) is 0 Å². The Bertz CT molecular complexity index is 473. The summed E-state index contributed by atoms with van der Waals surface area (Å²) in [5.74, 6) is 0.639. The van der Waals surface area contributed by atoms with Gasteiger partial charge in [0.2, 0.25) is 0 Å². The number of halogens is 1. The van der Waals surface area contributed by atoms with Crippen molar-refractivity contribution in [1.82, 2.24) is 4.90 Å². The molecule has 1 fully saturated rings. The molecule has 2 rings (SSSR count). The summed E-state index contributed by atoms with van der Waals surface area (Å²) in [6, 6.07) is 4.34. The molecule has 1 atom stereocenters. The maximum absolute atomic E-state index is 13.4. The van der Waals surface area contributed by atoms with Crippen LogP contribution in [0.15, 0.2) is 18.2 Å². The smallest absolute Gasteiger partial charge is 0.166 e. The van der Waals surface area contributed by atoms with Gasteiger partial charge in [-0.3, -0.25) is 0 Å². The minimum Gasteiger partial charge on any atom is -0.484 e. The van der Waals surface area contributed by atoms with Crippen LogP contribution in [0.4, 0.5) is 4.39 Å². The Balaban J connectivity index is 2.06. The normalized spacial score (nSPS) is 19.8. The van der Waals surface area contributed by atoms with Crippen molar-refractivity contribution >= 4 is 0 Å². The van der Waals surface area contributed by atoms with Crippen LogP contribution in [0.25, 0.3) is 0 Å². The van der Waals surface area contributed by atoms with Crippen molar-refractivity contribution < 1.29 is 18.6 Å². The van der Waals surface area contributed by atoms with Crippen molar-refractivity contribution in [3.63, 3.8) is 0 Å². The molecule has 0 amide bonds. The highest BCUT2D eigenvalue weighted by Gasteiger charge is 2.25. The van der Waals surface area contributed by atoms with Gasteiger partial charge < -0.3 is 14.2 Å². The summed E-state index contributed by atoms with van der Waals surface area (Å²) < 4.78 is 30.4. The van der Waals surface area contributed by atoms with Gasteiger partial charge in [-0.15, -0.1) is 0 Å². The summed E-state index contributed by atoms with van der Waals surface area (Å²) in [4.78, 5) is 2.09. The van der Waals surface area contributed by atoms with Gasteiger partial charge in [-0.25, -0.2) is 9.29 Å². The minimum absolute atomic E-state index is 0.0746. The Labute approximate surface area is 125 Å². The first kappa shape index (κ1) is 16.0. The number of nitrogens with zero attached hydrogens (tertiary/aromatic N) is 1. The number of methoxy groups -OCH3 is 1. The Morgan fingerprint density at radius 2 is 2.05 bits per heavy atom. The highest BCUT2D eigenvalue weighted by Crippen LogP contribution is 2.31. The molecule has 1 aliphatic rings. The molecule has 0 aliphatic carbocycles. The van der Waals surface area contributed by atoms with E-state index in [1.807, 2.05) is 20.8 Å². The van der Waals surface area contributed by atoms with Gasteiger partial charge in [-0.1, -0.05) is 0 Å². The van der Waals surface area contributed by atoms with E-state index < -0.39 is 0 Å². The average Bonchev–Trinajstić information content (AvgIpc) is 2.85. The van der Waals surface area contributed by atoms with Crippen LogP contribution in [0.5, 0.6) is 11.5 Å². The van der Waals surface area contributed by atoms with Gasteiger partial charge >= 0.3 is 0 Å². The fourth-order valence-corrected chi connectivity index (χ4v) is 2.37. The lowest BCUT2D eigenvalue weighted by molar-refractivity contribution is -0.0380. The van der Waals surface area contributed by atoms with Crippen molar-refractivity contribution in [2.75, 3.05) is 20.4 Å². The van der Waals surface area contributed by atoms with Crippen LogP contribution in [-0.2, 0) is 4.74 Å². The predicted octanol–water partition coefficient (Wildman–Crippen LogP) is 3.41. The van der Waals surface area contributed by atoms with Crippen LogP contribution in [0, 0.1) is 5.82 Å². The third-order valence-electron chi connectivity index (χ3n) is 3.28. The number of hydrogen-bond donors (Lipinski definition) is 0. The molecule has 0 bridgehead atoms. The van der Waals surface area contributed by atoms with Crippen LogP contribution in [0.1, 0.15) is 33.6 Å². The quantitative estimate of drug-likeness (QED) is 0.833. The zero-order valence-corrected chi connectivity index (χ0v) is 13.2. The van der Waals surface area contributed by atoms with Crippen LogP contribution in [0.2, 0.25) is 0 Å². The second-order valence-corrected chi connectivity index (χ2v) is 6.22. The predicted molar refractivity (Wildman–Crippen MR) is 79.0 cm³/mol. The molecule has 4 nitrogen and oxygen atoms in total. The molecule has 0 spiro atoms. The monoisotopic (exact) mass is 297 g/mol. The molecule has 0 saturated carbocycles. The summed E-state index contributed by atoms with van der Waals surface area (Å²) >= 11 is 0. The molecule has 1 aromatic carbocycles. The lowest BCUT2D eigenvalue weighted by Crippen LogP contribution is -2.34. The number of likely N-dealkylation sites (tertiary alicyclic amines) is 1. The van der Waals surface area contributed by atoms with E-state index in [1.165, 1.54) is 12.1 Å². The van der Waals surface area contributed by atoms with Crippen LogP contribution in [0.3, 0.4) is 0 Å². The zero-order chi connectivity index (χ0) is 15.5. The number of hydrogen-bond acceptors (Lipinski definition) is 4. The first-order valence-electron chi connectivity index (χ1n) is 7.27. The van der Waals surface area contributed by atoms with E-state index in [9.17, 15) is 4.39 Å². The summed E-state index contributed by atoms with van der Waals surface area (Å²) in [5.41, 5.74) is -0.362. The second kappa shape index (κ2) is 6.62. The zero-order valence-electron chi connectivity index (χ0n) is 13.2. The van der Waals surface area contributed by atoms with E-state index in [1.54, 1.807) is 13.2 Å². The highest BCUT2D eigenvalue weighted by molar-refractivity contribution is 5.40. The van der Waals surface area contributed by atoms with Gasteiger partial charge in [0.1, 0.15) is 24.4 Å². The number of rotatable bonds is 5. The fraction of sp³-hybridized carbons (Fsp3) is 0.625. The molecule has 1 saturated heterocycles. The van der Waals surface area contributed by atoms with Crippen molar-refractivity contribution in [1.29, 1.82) is 0 Å². The molecule has 5 heteroatoms. The van der Waals surface area contributed by atoms with Crippen LogP contribution >= 0.6 is 0 Å². The lowest BCUT2D eigenvalue weighted by Gasteiger charge is -2.26. The fourth-order valence-electron chi connectivity index (χ4n) is 2.37. The second-order valence-electron chi connectivity index (χ2n) is 6.22. The van der Waals surface area contributed by atoms with Crippen LogP contribution < -0.4 is 9.47 Å². The van der Waals surface area contributed by atoms with E-state index in [-0.39, 0.29) is 17.6 Å². The molecule has 0 aromatic heterocycles. The lowest BCUT2D eigenvalue weighted by atomic mass is 10.2. The van der Waals surface area contributed by atoms with E-state index >= 15 is 0 Å². The molecule has 21 heavy (non-hydrogen) atoms. The van der Waals surface area contributed by atoms with Gasteiger partial charge in [0, 0.05) is 19.7 Å². The summed E-state index contributed by atoms with van der Waals surface area (Å²) in [6.45, 7) is 7.12. The Kier molecular flexibility index (Phi) is 5.06. The maximum atomic E-state index is 13.4. The molecule has 1 heterocycles. The molecule has 118 valence electrons. The molecular weight excluding hydrogens is 273 g/mol. The third-order valence-corrected chi connectivity index (χ3v) is 3.28. The number of benzene rings is 1. The largest absolute Gasteiger partial charge is 0.484 e. The van der Waals surface area contributed by atoms with Crippen molar-refractivity contribution in [3.8, 4) is 11.5 Å². The van der Waals surface area contributed by atoms with Gasteiger partial charge in [0.25, 0.3) is 0 Å². The molecular formula is C16H24FNO3. The molecule has 1 aliphatic heterocycles.